The number of para-hydroxylation sites is 2. The molecule has 0 radical (unpaired) electrons. The summed E-state index contributed by atoms with van der Waals surface area (Å²) in [5.74, 6) is 0.0930. The highest BCUT2D eigenvalue weighted by Crippen LogP contribution is 2.19. The highest BCUT2D eigenvalue weighted by Gasteiger charge is 2.18. The summed E-state index contributed by atoms with van der Waals surface area (Å²) in [7, 11) is 0. The standard InChI is InChI=1S/C19H19N3O2.ClH/c23-18(21-11-9-20-10-12-21)13-22-16-7-3-1-5-14(16)19(24)15-6-2-4-8-17(15)22;/h1-8,20H,9-13H2;1H. The van der Waals surface area contributed by atoms with E-state index in [1.165, 1.54) is 0 Å². The topological polar surface area (TPSA) is 54.3 Å². The number of halogens is 1. The Labute approximate surface area is 151 Å². The Morgan fingerprint density at radius 1 is 0.920 bits per heavy atom. The van der Waals surface area contributed by atoms with Crippen LogP contribution in [0.25, 0.3) is 21.8 Å². The number of fused-ring (bicyclic) bond motifs is 2. The molecule has 0 saturated carbocycles. The molecule has 1 saturated heterocycles. The molecule has 0 aliphatic carbocycles. The van der Waals surface area contributed by atoms with Crippen LogP contribution >= 0.6 is 12.4 Å². The molecule has 1 aromatic heterocycles. The van der Waals surface area contributed by atoms with E-state index >= 15 is 0 Å². The predicted octanol–water partition coefficient (Wildman–Crippen LogP) is 2.01. The maximum Gasteiger partial charge on any atom is 0.242 e. The van der Waals surface area contributed by atoms with Gasteiger partial charge in [0.25, 0.3) is 0 Å². The van der Waals surface area contributed by atoms with E-state index in [0.29, 0.717) is 10.8 Å². The number of amides is 1. The maximum absolute atomic E-state index is 12.7. The zero-order valence-electron chi connectivity index (χ0n) is 13.8. The second kappa shape index (κ2) is 7.25. The summed E-state index contributed by atoms with van der Waals surface area (Å²) in [6.45, 7) is 3.37. The minimum absolute atomic E-state index is 0. The lowest BCUT2D eigenvalue weighted by atomic mass is 10.1. The van der Waals surface area contributed by atoms with Gasteiger partial charge >= 0.3 is 0 Å². The van der Waals surface area contributed by atoms with Crippen LogP contribution in [0.15, 0.2) is 53.3 Å². The monoisotopic (exact) mass is 357 g/mol. The smallest absolute Gasteiger partial charge is 0.242 e. The van der Waals surface area contributed by atoms with Crippen molar-refractivity contribution in [2.75, 3.05) is 26.2 Å². The average molecular weight is 358 g/mol. The van der Waals surface area contributed by atoms with Crippen LogP contribution in [-0.2, 0) is 11.3 Å². The first-order valence-electron chi connectivity index (χ1n) is 8.24. The first kappa shape index (κ1) is 17.5. The molecule has 0 atom stereocenters. The van der Waals surface area contributed by atoms with Gasteiger partial charge in [0.05, 0.1) is 11.0 Å². The fourth-order valence-electron chi connectivity index (χ4n) is 3.40. The van der Waals surface area contributed by atoms with Crippen LogP contribution in [0.3, 0.4) is 0 Å². The van der Waals surface area contributed by atoms with Crippen LogP contribution < -0.4 is 10.7 Å². The lowest BCUT2D eigenvalue weighted by molar-refractivity contribution is -0.132. The minimum atomic E-state index is 0. The SMILES string of the molecule is Cl.O=C(Cn1c2ccccc2c(=O)c2ccccc21)N1CCNCC1. The van der Waals surface area contributed by atoms with Crippen molar-refractivity contribution in [2.24, 2.45) is 0 Å². The summed E-state index contributed by atoms with van der Waals surface area (Å²) in [6.07, 6.45) is 0. The molecule has 2 heterocycles. The summed E-state index contributed by atoms with van der Waals surface area (Å²) in [5, 5.41) is 4.57. The third-order valence-electron chi connectivity index (χ3n) is 4.64. The van der Waals surface area contributed by atoms with Crippen molar-refractivity contribution < 1.29 is 4.79 Å². The second-order valence-electron chi connectivity index (χ2n) is 6.08. The molecule has 0 spiro atoms. The van der Waals surface area contributed by atoms with Crippen molar-refractivity contribution in [2.45, 2.75) is 6.54 Å². The van der Waals surface area contributed by atoms with E-state index in [4.69, 9.17) is 0 Å². The molecule has 1 aliphatic rings. The molecule has 1 amide bonds. The molecule has 1 N–H and O–H groups in total. The van der Waals surface area contributed by atoms with Crippen LogP contribution in [-0.4, -0.2) is 41.6 Å². The number of hydrogen-bond donors (Lipinski definition) is 1. The normalized spacial score (nSPS) is 14.5. The molecular weight excluding hydrogens is 338 g/mol. The van der Waals surface area contributed by atoms with Crippen molar-refractivity contribution in [3.05, 3.63) is 58.8 Å². The van der Waals surface area contributed by atoms with Gasteiger partial charge in [-0.3, -0.25) is 9.59 Å². The first-order valence-corrected chi connectivity index (χ1v) is 8.24. The first-order chi connectivity index (χ1) is 11.8. The zero-order valence-corrected chi connectivity index (χ0v) is 14.6. The molecule has 0 unspecified atom stereocenters. The summed E-state index contributed by atoms with van der Waals surface area (Å²) >= 11 is 0. The number of nitrogens with one attached hydrogen (secondary N) is 1. The van der Waals surface area contributed by atoms with Gasteiger partial charge in [0, 0.05) is 37.0 Å². The van der Waals surface area contributed by atoms with E-state index in [1.807, 2.05) is 58.0 Å². The van der Waals surface area contributed by atoms with Gasteiger partial charge in [0.15, 0.2) is 5.43 Å². The molecule has 1 aliphatic heterocycles. The molecule has 25 heavy (non-hydrogen) atoms. The van der Waals surface area contributed by atoms with E-state index in [9.17, 15) is 9.59 Å². The summed E-state index contributed by atoms with van der Waals surface area (Å²) in [6, 6.07) is 15.0. The number of piperazine rings is 1. The van der Waals surface area contributed by atoms with Gasteiger partial charge in [0.1, 0.15) is 6.54 Å². The van der Waals surface area contributed by atoms with Gasteiger partial charge in [-0.15, -0.1) is 12.4 Å². The van der Waals surface area contributed by atoms with E-state index in [0.717, 1.165) is 37.2 Å². The van der Waals surface area contributed by atoms with Crippen LogP contribution in [0.4, 0.5) is 0 Å². The van der Waals surface area contributed by atoms with Crippen molar-refractivity contribution >= 4 is 40.1 Å². The van der Waals surface area contributed by atoms with E-state index in [1.54, 1.807) is 0 Å². The van der Waals surface area contributed by atoms with Gasteiger partial charge in [-0.1, -0.05) is 24.3 Å². The number of hydrogen-bond acceptors (Lipinski definition) is 3. The Balaban J connectivity index is 0.00000182. The van der Waals surface area contributed by atoms with Crippen LogP contribution in [0, 0.1) is 0 Å². The Morgan fingerprint density at radius 3 is 2.00 bits per heavy atom. The number of carbonyl (C=O) groups excluding carboxylic acids is 1. The number of aromatic nitrogens is 1. The van der Waals surface area contributed by atoms with Gasteiger partial charge < -0.3 is 14.8 Å². The van der Waals surface area contributed by atoms with Gasteiger partial charge in [-0.25, -0.2) is 0 Å². The largest absolute Gasteiger partial charge is 0.339 e. The van der Waals surface area contributed by atoms with E-state index < -0.39 is 0 Å². The van der Waals surface area contributed by atoms with E-state index in [2.05, 4.69) is 5.32 Å². The lowest BCUT2D eigenvalue weighted by Crippen LogP contribution is -2.47. The molecule has 1 fully saturated rings. The molecule has 5 nitrogen and oxygen atoms in total. The van der Waals surface area contributed by atoms with Gasteiger partial charge in [0.2, 0.25) is 5.91 Å². The second-order valence-corrected chi connectivity index (χ2v) is 6.08. The molecule has 130 valence electrons. The minimum Gasteiger partial charge on any atom is -0.339 e. The van der Waals surface area contributed by atoms with Crippen molar-refractivity contribution in [1.29, 1.82) is 0 Å². The Hall–Kier alpha value is -2.37. The molecule has 3 aromatic rings. The number of benzene rings is 2. The van der Waals surface area contributed by atoms with Crippen molar-refractivity contribution in [3.63, 3.8) is 0 Å². The number of rotatable bonds is 2. The summed E-state index contributed by atoms with van der Waals surface area (Å²) in [5.41, 5.74) is 1.64. The number of pyridine rings is 1. The lowest BCUT2D eigenvalue weighted by Gasteiger charge is -2.28. The predicted molar refractivity (Wildman–Crippen MR) is 102 cm³/mol. The quantitative estimate of drug-likeness (QED) is 0.714. The van der Waals surface area contributed by atoms with Crippen LogP contribution in [0.1, 0.15) is 0 Å². The van der Waals surface area contributed by atoms with E-state index in [-0.39, 0.29) is 30.3 Å². The molecular formula is C19H20ClN3O2. The Kier molecular flexibility index (Phi) is 5.06. The van der Waals surface area contributed by atoms with Crippen LogP contribution in [0.2, 0.25) is 0 Å². The molecule has 6 heteroatoms. The summed E-state index contributed by atoms with van der Waals surface area (Å²) < 4.78 is 1.97. The number of nitrogens with zero attached hydrogens (tertiary/aromatic N) is 2. The number of carbonyl (C=O) groups is 1. The van der Waals surface area contributed by atoms with Gasteiger partial charge in [-0.05, 0) is 24.3 Å². The molecule has 4 rings (SSSR count). The fraction of sp³-hybridized carbons (Fsp3) is 0.263. The maximum atomic E-state index is 12.7. The third-order valence-corrected chi connectivity index (χ3v) is 4.64. The zero-order chi connectivity index (χ0) is 16.5. The van der Waals surface area contributed by atoms with Gasteiger partial charge in [-0.2, -0.15) is 0 Å². The molecule has 0 bridgehead atoms. The summed E-state index contributed by atoms with van der Waals surface area (Å²) in [4.78, 5) is 27.3. The average Bonchev–Trinajstić information content (AvgIpc) is 2.65. The highest BCUT2D eigenvalue weighted by atomic mass is 35.5. The third kappa shape index (κ3) is 3.13. The molecule has 2 aromatic carbocycles. The Bertz CT molecular complexity index is 917. The van der Waals surface area contributed by atoms with Crippen LogP contribution in [0.5, 0.6) is 0 Å². The van der Waals surface area contributed by atoms with Crippen molar-refractivity contribution in [1.82, 2.24) is 14.8 Å². The highest BCUT2D eigenvalue weighted by molar-refractivity contribution is 5.94. The Morgan fingerprint density at radius 2 is 1.44 bits per heavy atom. The fourth-order valence-corrected chi connectivity index (χ4v) is 3.40. The van der Waals surface area contributed by atoms with Crippen molar-refractivity contribution in [3.8, 4) is 0 Å².